The average Bonchev–Trinajstić information content (AvgIpc) is 3.26. The Bertz CT molecular complexity index is 796. The Kier molecular flexibility index (Phi) is 5.08. The molecular weight excluding hydrogens is 329 g/mol. The number of nitrogens with one attached hydrogen (secondary N) is 1. The van der Waals surface area contributed by atoms with Gasteiger partial charge in [-0.25, -0.2) is 4.39 Å². The van der Waals surface area contributed by atoms with E-state index in [1.54, 1.807) is 24.3 Å². The van der Waals surface area contributed by atoms with E-state index < -0.39 is 6.10 Å². The zero-order chi connectivity index (χ0) is 16.9. The lowest BCUT2D eigenvalue weighted by Gasteiger charge is -2.05. The first-order valence-electron chi connectivity index (χ1n) is 7.43. The summed E-state index contributed by atoms with van der Waals surface area (Å²) in [7, 11) is 0. The fraction of sp³-hybridized carbons (Fsp3) is 0.167. The average molecular weight is 345 g/mol. The summed E-state index contributed by atoms with van der Waals surface area (Å²) in [4.78, 5) is 13.6. The number of carbonyl (C=O) groups excluding carboxylic acids is 1. The fourth-order valence-electron chi connectivity index (χ4n) is 2.26. The molecule has 2 aromatic heterocycles. The van der Waals surface area contributed by atoms with Gasteiger partial charge in [-0.15, -0.1) is 11.3 Å². The molecule has 0 fully saturated rings. The summed E-state index contributed by atoms with van der Waals surface area (Å²) >= 11 is 1.42. The highest BCUT2D eigenvalue weighted by Gasteiger charge is 2.15. The summed E-state index contributed by atoms with van der Waals surface area (Å²) in [5.74, 6) is 0.0345. The maximum absolute atomic E-state index is 12.8. The summed E-state index contributed by atoms with van der Waals surface area (Å²) in [6, 6.07) is 13.0. The highest BCUT2D eigenvalue weighted by Crippen LogP contribution is 2.28. The van der Waals surface area contributed by atoms with Crippen molar-refractivity contribution < 1.29 is 18.7 Å². The Morgan fingerprint density at radius 3 is 2.71 bits per heavy atom. The van der Waals surface area contributed by atoms with E-state index in [1.807, 2.05) is 12.1 Å². The summed E-state index contributed by atoms with van der Waals surface area (Å²) in [6.45, 7) is 0.384. The lowest BCUT2D eigenvalue weighted by molar-refractivity contribution is -0.120. The molecule has 0 aliphatic rings. The molecule has 1 aromatic carbocycles. The zero-order valence-corrected chi connectivity index (χ0v) is 13.6. The SMILES string of the molecule is O=C(Cc1ccc(F)cc1)NCc1ccc([C@@H](O)c2ccco2)s1. The molecule has 0 unspecified atom stereocenters. The monoisotopic (exact) mass is 345 g/mol. The van der Waals surface area contributed by atoms with Gasteiger partial charge in [0.05, 0.1) is 19.2 Å². The number of aliphatic hydroxyl groups excluding tert-OH is 1. The molecule has 0 radical (unpaired) electrons. The highest BCUT2D eigenvalue weighted by atomic mass is 32.1. The zero-order valence-electron chi connectivity index (χ0n) is 12.7. The van der Waals surface area contributed by atoms with E-state index in [-0.39, 0.29) is 18.1 Å². The van der Waals surface area contributed by atoms with E-state index >= 15 is 0 Å². The molecule has 24 heavy (non-hydrogen) atoms. The first-order valence-corrected chi connectivity index (χ1v) is 8.24. The molecule has 0 spiro atoms. The Morgan fingerprint density at radius 2 is 2.00 bits per heavy atom. The maximum atomic E-state index is 12.8. The van der Waals surface area contributed by atoms with Crippen LogP contribution < -0.4 is 5.32 Å². The van der Waals surface area contributed by atoms with Crippen LogP contribution in [0, 0.1) is 5.82 Å². The molecule has 1 atom stereocenters. The van der Waals surface area contributed by atoms with Crippen molar-refractivity contribution in [3.63, 3.8) is 0 Å². The molecule has 0 saturated heterocycles. The van der Waals surface area contributed by atoms with Crippen molar-refractivity contribution in [3.05, 3.63) is 81.7 Å². The summed E-state index contributed by atoms with van der Waals surface area (Å²) < 4.78 is 18.0. The van der Waals surface area contributed by atoms with E-state index in [4.69, 9.17) is 4.42 Å². The van der Waals surface area contributed by atoms with Crippen LogP contribution in [0.3, 0.4) is 0 Å². The minimum Gasteiger partial charge on any atom is -0.466 e. The second-order valence-corrected chi connectivity index (χ2v) is 6.50. The first kappa shape index (κ1) is 16.4. The van der Waals surface area contributed by atoms with Gasteiger partial charge in [-0.3, -0.25) is 4.79 Å². The molecule has 1 amide bonds. The third-order valence-electron chi connectivity index (χ3n) is 3.50. The van der Waals surface area contributed by atoms with Crippen molar-refractivity contribution in [2.24, 2.45) is 0 Å². The molecular formula is C18H16FNO3S. The first-order chi connectivity index (χ1) is 11.6. The van der Waals surface area contributed by atoms with Gasteiger partial charge >= 0.3 is 0 Å². The second kappa shape index (κ2) is 7.42. The minimum absolute atomic E-state index is 0.136. The van der Waals surface area contributed by atoms with Crippen LogP contribution in [0.25, 0.3) is 0 Å². The van der Waals surface area contributed by atoms with Crippen molar-refractivity contribution in [3.8, 4) is 0 Å². The number of halogens is 1. The molecule has 2 heterocycles. The number of hydrogen-bond acceptors (Lipinski definition) is 4. The summed E-state index contributed by atoms with van der Waals surface area (Å²) in [5, 5.41) is 13.0. The Balaban J connectivity index is 1.53. The smallest absolute Gasteiger partial charge is 0.224 e. The Hall–Kier alpha value is -2.44. The van der Waals surface area contributed by atoms with E-state index in [0.717, 1.165) is 15.3 Å². The standard InChI is InChI=1S/C18H16FNO3S/c19-13-5-3-12(4-6-13)10-17(21)20-11-14-7-8-16(24-14)18(22)15-2-1-9-23-15/h1-9,18,22H,10-11H2,(H,20,21)/t18-/m0/s1. The molecule has 0 bridgehead atoms. The molecule has 2 N–H and O–H groups in total. The van der Waals surface area contributed by atoms with Gasteiger partial charge in [0, 0.05) is 9.75 Å². The van der Waals surface area contributed by atoms with Crippen molar-refractivity contribution in [2.45, 2.75) is 19.1 Å². The maximum Gasteiger partial charge on any atom is 0.224 e. The molecule has 0 aliphatic heterocycles. The third kappa shape index (κ3) is 4.10. The number of amides is 1. The van der Waals surface area contributed by atoms with Gasteiger partial charge in [0.15, 0.2) is 0 Å². The lowest BCUT2D eigenvalue weighted by atomic mass is 10.1. The fourth-order valence-corrected chi connectivity index (χ4v) is 3.21. The number of carbonyl (C=O) groups is 1. The van der Waals surface area contributed by atoms with Crippen LogP contribution in [-0.2, 0) is 17.8 Å². The Labute approximate surface area is 142 Å². The second-order valence-electron chi connectivity index (χ2n) is 5.30. The number of rotatable bonds is 6. The van der Waals surface area contributed by atoms with Gasteiger partial charge in [-0.05, 0) is 42.0 Å². The summed E-state index contributed by atoms with van der Waals surface area (Å²) in [6.07, 6.45) is 0.921. The molecule has 4 nitrogen and oxygen atoms in total. The highest BCUT2D eigenvalue weighted by molar-refractivity contribution is 7.12. The lowest BCUT2D eigenvalue weighted by Crippen LogP contribution is -2.24. The van der Waals surface area contributed by atoms with Crippen LogP contribution in [0.4, 0.5) is 4.39 Å². The quantitative estimate of drug-likeness (QED) is 0.719. The number of hydrogen-bond donors (Lipinski definition) is 2. The molecule has 6 heteroatoms. The topological polar surface area (TPSA) is 62.5 Å². The Morgan fingerprint density at radius 1 is 1.21 bits per heavy atom. The number of furan rings is 1. The molecule has 124 valence electrons. The van der Waals surface area contributed by atoms with Gasteiger partial charge in [0.1, 0.15) is 17.7 Å². The van der Waals surface area contributed by atoms with Gasteiger partial charge in [0.2, 0.25) is 5.91 Å². The normalized spacial score (nSPS) is 12.1. The molecule has 0 saturated carbocycles. The van der Waals surface area contributed by atoms with Gasteiger partial charge < -0.3 is 14.8 Å². The van der Waals surface area contributed by atoms with Crippen molar-refractivity contribution in [2.75, 3.05) is 0 Å². The van der Waals surface area contributed by atoms with Gasteiger partial charge in [-0.2, -0.15) is 0 Å². The van der Waals surface area contributed by atoms with E-state index in [0.29, 0.717) is 12.3 Å². The van der Waals surface area contributed by atoms with Gasteiger partial charge in [0.25, 0.3) is 0 Å². The third-order valence-corrected chi connectivity index (χ3v) is 4.64. The predicted molar refractivity (Wildman–Crippen MR) is 89.0 cm³/mol. The molecule has 0 aliphatic carbocycles. The van der Waals surface area contributed by atoms with E-state index in [9.17, 15) is 14.3 Å². The predicted octanol–water partition coefficient (Wildman–Crippen LogP) is 3.42. The summed E-state index contributed by atoms with van der Waals surface area (Å²) in [5.41, 5.74) is 0.758. The van der Waals surface area contributed by atoms with Crippen LogP contribution in [0.2, 0.25) is 0 Å². The molecule has 3 aromatic rings. The van der Waals surface area contributed by atoms with Crippen LogP contribution in [0.1, 0.15) is 27.2 Å². The van der Waals surface area contributed by atoms with E-state index in [1.165, 1.54) is 29.7 Å². The number of aliphatic hydroxyl groups is 1. The largest absolute Gasteiger partial charge is 0.466 e. The van der Waals surface area contributed by atoms with Crippen molar-refractivity contribution >= 4 is 17.2 Å². The van der Waals surface area contributed by atoms with E-state index in [2.05, 4.69) is 5.32 Å². The van der Waals surface area contributed by atoms with Gasteiger partial charge in [-0.1, -0.05) is 12.1 Å². The number of benzene rings is 1. The van der Waals surface area contributed by atoms with Crippen molar-refractivity contribution in [1.82, 2.24) is 5.32 Å². The molecule has 3 rings (SSSR count). The number of thiophene rings is 1. The van der Waals surface area contributed by atoms with Crippen LogP contribution in [0.15, 0.2) is 59.2 Å². The van der Waals surface area contributed by atoms with Crippen molar-refractivity contribution in [1.29, 1.82) is 0 Å². The van der Waals surface area contributed by atoms with Crippen LogP contribution in [0.5, 0.6) is 0 Å². The minimum atomic E-state index is -0.798. The van der Waals surface area contributed by atoms with Crippen LogP contribution >= 0.6 is 11.3 Å². The van der Waals surface area contributed by atoms with Crippen LogP contribution in [-0.4, -0.2) is 11.0 Å².